The number of hydrogen-bond acceptors (Lipinski definition) is 6. The molecule has 2 aromatic carbocycles. The monoisotopic (exact) mass is 383 g/mol. The predicted octanol–water partition coefficient (Wildman–Crippen LogP) is 3.77. The van der Waals surface area contributed by atoms with Crippen molar-refractivity contribution in [2.45, 2.75) is 13.5 Å². The van der Waals surface area contributed by atoms with Crippen molar-refractivity contribution >= 4 is 29.0 Å². The van der Waals surface area contributed by atoms with Gasteiger partial charge in [0.05, 0.1) is 17.1 Å². The molecule has 138 valence electrons. The van der Waals surface area contributed by atoms with Crippen LogP contribution in [-0.4, -0.2) is 16.5 Å². The summed E-state index contributed by atoms with van der Waals surface area (Å²) in [6.45, 7) is 2.50. The molecular weight excluding hydrogens is 366 g/mol. The second-order valence-electron chi connectivity index (χ2n) is 5.39. The largest absolute Gasteiger partial charge is 0.490 e. The van der Waals surface area contributed by atoms with Gasteiger partial charge in [-0.3, -0.25) is 10.1 Å². The number of ether oxygens (including phenoxy) is 2. The number of nitro groups is 1. The minimum absolute atomic E-state index is 0.0222. The third-order valence-electron chi connectivity index (χ3n) is 3.51. The molecule has 2 N–H and O–H groups in total. The van der Waals surface area contributed by atoms with E-state index in [1.54, 1.807) is 36.4 Å². The lowest BCUT2D eigenvalue weighted by Crippen LogP contribution is -2.09. The zero-order valence-corrected chi connectivity index (χ0v) is 15.4. The summed E-state index contributed by atoms with van der Waals surface area (Å²) in [7, 11) is 0. The average Bonchev–Trinajstić information content (AvgIpc) is 2.65. The summed E-state index contributed by atoms with van der Waals surface area (Å²) < 4.78 is 11.4. The second kappa shape index (κ2) is 9.31. The highest BCUT2D eigenvalue weighted by molar-refractivity contribution is 7.80. The topological polar surface area (TPSA) is 111 Å². The molecule has 7 nitrogen and oxygen atoms in total. The van der Waals surface area contributed by atoms with Gasteiger partial charge in [-0.25, -0.2) is 0 Å². The van der Waals surface area contributed by atoms with Gasteiger partial charge in [-0.1, -0.05) is 18.3 Å². The van der Waals surface area contributed by atoms with Crippen molar-refractivity contribution in [1.82, 2.24) is 0 Å². The Morgan fingerprint density at radius 2 is 1.96 bits per heavy atom. The second-order valence-corrected chi connectivity index (χ2v) is 5.83. The summed E-state index contributed by atoms with van der Waals surface area (Å²) in [5.74, 6) is 1.02. The Balaban J connectivity index is 2.20. The van der Waals surface area contributed by atoms with E-state index in [0.717, 1.165) is 5.56 Å². The number of nitriles is 1. The number of nitrogens with zero attached hydrogens (tertiary/aromatic N) is 2. The molecule has 0 amide bonds. The highest BCUT2D eigenvalue weighted by Crippen LogP contribution is 2.30. The minimum Gasteiger partial charge on any atom is -0.490 e. The van der Waals surface area contributed by atoms with Crippen LogP contribution < -0.4 is 15.2 Å². The summed E-state index contributed by atoms with van der Waals surface area (Å²) in [5, 5.41) is 19.8. The number of nitrogens with two attached hydrogens (primary N) is 1. The van der Waals surface area contributed by atoms with Gasteiger partial charge >= 0.3 is 0 Å². The minimum atomic E-state index is -0.452. The van der Waals surface area contributed by atoms with E-state index in [1.165, 1.54) is 12.1 Å². The molecule has 0 aliphatic heterocycles. The first-order chi connectivity index (χ1) is 12.9. The van der Waals surface area contributed by atoms with Gasteiger partial charge < -0.3 is 15.2 Å². The predicted molar refractivity (Wildman–Crippen MR) is 105 cm³/mol. The number of thiocarbonyl (C=S) groups is 1. The molecule has 0 fully saturated rings. The van der Waals surface area contributed by atoms with Crippen LogP contribution >= 0.6 is 12.2 Å². The van der Waals surface area contributed by atoms with Crippen molar-refractivity contribution in [2.24, 2.45) is 5.73 Å². The maximum absolute atomic E-state index is 10.7. The van der Waals surface area contributed by atoms with Gasteiger partial charge in [0.1, 0.15) is 17.7 Å². The van der Waals surface area contributed by atoms with Crippen molar-refractivity contribution in [2.75, 3.05) is 6.61 Å². The fourth-order valence-electron chi connectivity index (χ4n) is 2.20. The Morgan fingerprint density at radius 1 is 1.26 bits per heavy atom. The molecule has 0 aliphatic carbocycles. The van der Waals surface area contributed by atoms with Crippen molar-refractivity contribution in [3.8, 4) is 17.6 Å². The van der Waals surface area contributed by atoms with Crippen molar-refractivity contribution in [3.05, 3.63) is 69.3 Å². The third kappa shape index (κ3) is 5.52. The lowest BCUT2D eigenvalue weighted by atomic mass is 10.1. The molecular formula is C19H17N3O4S. The Bertz CT molecular complexity index is 918. The molecule has 27 heavy (non-hydrogen) atoms. The molecule has 0 bridgehead atoms. The van der Waals surface area contributed by atoms with Gasteiger partial charge in [-0.2, -0.15) is 5.26 Å². The number of benzene rings is 2. The lowest BCUT2D eigenvalue weighted by molar-refractivity contribution is -0.384. The number of rotatable bonds is 8. The van der Waals surface area contributed by atoms with Gasteiger partial charge in [0.15, 0.2) is 11.5 Å². The van der Waals surface area contributed by atoms with Crippen LogP contribution in [0.1, 0.15) is 18.1 Å². The molecule has 0 heterocycles. The first kappa shape index (κ1) is 19.9. The Kier molecular flexibility index (Phi) is 6.86. The fraction of sp³-hybridized carbons (Fsp3) is 0.158. The highest BCUT2D eigenvalue weighted by Gasteiger charge is 2.09. The van der Waals surface area contributed by atoms with E-state index in [2.05, 4.69) is 0 Å². The zero-order valence-electron chi connectivity index (χ0n) is 14.5. The molecule has 0 aliphatic rings. The molecule has 0 spiro atoms. The number of nitro benzene ring substituents is 1. The molecule has 2 aromatic rings. The van der Waals surface area contributed by atoms with E-state index in [-0.39, 0.29) is 22.9 Å². The number of non-ortho nitro benzene ring substituents is 1. The molecule has 8 heteroatoms. The standard InChI is InChI=1S/C19H17N3O4S/c1-2-25-18-10-14(9-15(11-20)19(21)27)5-8-17(18)26-12-13-3-6-16(7-4-13)22(23)24/h3-10H,2,12H2,1H3,(H2,21,27)/b15-9+. The summed E-state index contributed by atoms with van der Waals surface area (Å²) in [4.78, 5) is 10.3. The van der Waals surface area contributed by atoms with E-state index in [4.69, 9.17) is 32.7 Å². The van der Waals surface area contributed by atoms with Crippen LogP contribution in [0.5, 0.6) is 11.5 Å². The SMILES string of the molecule is CCOc1cc(/C=C(\C#N)C(N)=S)ccc1OCc1ccc([N+](=O)[O-])cc1. The molecule has 0 atom stereocenters. The molecule has 2 rings (SSSR count). The first-order valence-corrected chi connectivity index (χ1v) is 8.40. The lowest BCUT2D eigenvalue weighted by Gasteiger charge is -2.13. The van der Waals surface area contributed by atoms with Gasteiger partial charge in [0, 0.05) is 12.1 Å². The summed E-state index contributed by atoms with van der Waals surface area (Å²) >= 11 is 4.83. The third-order valence-corrected chi connectivity index (χ3v) is 3.73. The Morgan fingerprint density at radius 3 is 2.52 bits per heavy atom. The van der Waals surface area contributed by atoms with Crippen LogP contribution in [0.15, 0.2) is 48.0 Å². The van der Waals surface area contributed by atoms with Crippen LogP contribution in [0.25, 0.3) is 6.08 Å². The molecule has 0 unspecified atom stereocenters. The smallest absolute Gasteiger partial charge is 0.269 e. The van der Waals surface area contributed by atoms with E-state index in [0.29, 0.717) is 23.7 Å². The van der Waals surface area contributed by atoms with Crippen LogP contribution in [-0.2, 0) is 6.61 Å². The molecule has 0 saturated carbocycles. The normalized spacial score (nSPS) is 10.7. The zero-order chi connectivity index (χ0) is 19.8. The Hall–Kier alpha value is -3.44. The van der Waals surface area contributed by atoms with E-state index in [9.17, 15) is 10.1 Å². The number of hydrogen-bond donors (Lipinski definition) is 1. The molecule has 0 radical (unpaired) electrons. The van der Waals surface area contributed by atoms with Crippen molar-refractivity contribution < 1.29 is 14.4 Å². The Labute approximate surface area is 161 Å². The van der Waals surface area contributed by atoms with Crippen molar-refractivity contribution in [1.29, 1.82) is 5.26 Å². The van der Waals surface area contributed by atoms with Crippen LogP contribution in [0, 0.1) is 21.4 Å². The van der Waals surface area contributed by atoms with E-state index >= 15 is 0 Å². The van der Waals surface area contributed by atoms with Crippen LogP contribution in [0.4, 0.5) is 5.69 Å². The maximum atomic E-state index is 10.7. The van der Waals surface area contributed by atoms with Gasteiger partial charge in [0.25, 0.3) is 5.69 Å². The summed E-state index contributed by atoms with van der Waals surface area (Å²) in [6, 6.07) is 13.3. The maximum Gasteiger partial charge on any atom is 0.269 e. The van der Waals surface area contributed by atoms with Gasteiger partial charge in [-0.05, 0) is 48.4 Å². The van der Waals surface area contributed by atoms with E-state index < -0.39 is 4.92 Å². The van der Waals surface area contributed by atoms with Gasteiger partial charge in [-0.15, -0.1) is 0 Å². The van der Waals surface area contributed by atoms with Gasteiger partial charge in [0.2, 0.25) is 0 Å². The quantitative estimate of drug-likeness (QED) is 0.243. The van der Waals surface area contributed by atoms with Crippen LogP contribution in [0.2, 0.25) is 0 Å². The summed E-state index contributed by atoms with van der Waals surface area (Å²) in [5.41, 5.74) is 7.21. The van der Waals surface area contributed by atoms with Crippen LogP contribution in [0.3, 0.4) is 0 Å². The average molecular weight is 383 g/mol. The summed E-state index contributed by atoms with van der Waals surface area (Å²) in [6.07, 6.45) is 1.57. The van der Waals surface area contributed by atoms with Crippen molar-refractivity contribution in [3.63, 3.8) is 0 Å². The first-order valence-electron chi connectivity index (χ1n) is 7.99. The van der Waals surface area contributed by atoms with E-state index in [1.807, 2.05) is 13.0 Å². The molecule has 0 saturated heterocycles. The fourth-order valence-corrected chi connectivity index (χ4v) is 2.31. The highest BCUT2D eigenvalue weighted by atomic mass is 32.1. The molecule has 0 aromatic heterocycles.